The zero-order valence-electron chi connectivity index (χ0n) is 11.8. The van der Waals surface area contributed by atoms with Crippen molar-refractivity contribution in [3.8, 4) is 11.1 Å². The molecule has 1 aliphatic rings. The van der Waals surface area contributed by atoms with E-state index in [9.17, 15) is 0 Å². The minimum Gasteiger partial charge on any atom is -0.369 e. The molecule has 0 bridgehead atoms. The Morgan fingerprint density at radius 2 is 1.86 bits per heavy atom. The summed E-state index contributed by atoms with van der Waals surface area (Å²) in [4.78, 5) is 2.44. The topological polar surface area (TPSA) is 44.0 Å². The third-order valence-corrected chi connectivity index (χ3v) is 4.12. The second-order valence-electron chi connectivity index (χ2n) is 5.42. The number of nitrogens with one attached hydrogen (secondary N) is 2. The lowest BCUT2D eigenvalue weighted by atomic mass is 10.0. The van der Waals surface area contributed by atoms with E-state index in [2.05, 4.69) is 62.9 Å². The normalized spacial score (nSPS) is 15.5. The minimum absolute atomic E-state index is 1.06. The zero-order chi connectivity index (χ0) is 14.1. The molecule has 2 N–H and O–H groups in total. The summed E-state index contributed by atoms with van der Waals surface area (Å²) >= 11 is 0. The minimum atomic E-state index is 1.06. The lowest BCUT2D eigenvalue weighted by Crippen LogP contribution is -2.43. The first kappa shape index (κ1) is 12.4. The van der Waals surface area contributed by atoms with Gasteiger partial charge in [0.2, 0.25) is 0 Å². The Balaban J connectivity index is 1.76. The molecular formula is C17H18N4. The Hall–Kier alpha value is -2.33. The summed E-state index contributed by atoms with van der Waals surface area (Å²) < 4.78 is 0. The van der Waals surface area contributed by atoms with Crippen molar-refractivity contribution < 1.29 is 0 Å². The van der Waals surface area contributed by atoms with Crippen molar-refractivity contribution in [3.63, 3.8) is 0 Å². The SMILES string of the molecule is c1cc(-c2cccc3[nH]ncc23)cc(N2CCNCC2)c1. The number of anilines is 1. The van der Waals surface area contributed by atoms with Crippen molar-refractivity contribution in [1.29, 1.82) is 0 Å². The fourth-order valence-electron chi connectivity index (χ4n) is 3.01. The molecular weight excluding hydrogens is 260 g/mol. The molecule has 1 aliphatic heterocycles. The molecule has 4 nitrogen and oxygen atoms in total. The van der Waals surface area contributed by atoms with Crippen LogP contribution >= 0.6 is 0 Å². The van der Waals surface area contributed by atoms with Gasteiger partial charge in [0.25, 0.3) is 0 Å². The van der Waals surface area contributed by atoms with Gasteiger partial charge < -0.3 is 10.2 Å². The summed E-state index contributed by atoms with van der Waals surface area (Å²) in [6, 6.07) is 15.1. The third kappa shape index (κ3) is 2.28. The van der Waals surface area contributed by atoms with Crippen LogP contribution in [0.25, 0.3) is 22.0 Å². The molecule has 21 heavy (non-hydrogen) atoms. The van der Waals surface area contributed by atoms with Crippen molar-refractivity contribution in [2.45, 2.75) is 0 Å². The van der Waals surface area contributed by atoms with Crippen molar-refractivity contribution in [2.24, 2.45) is 0 Å². The van der Waals surface area contributed by atoms with Gasteiger partial charge >= 0.3 is 0 Å². The predicted octanol–water partition coefficient (Wildman–Crippen LogP) is 2.64. The standard InChI is InChI=1S/C17H18N4/c1-3-13(11-14(4-1)21-9-7-18-8-10-21)15-5-2-6-17-16(15)12-19-20-17/h1-6,11-12,18H,7-10H2,(H,19,20). The Morgan fingerprint density at radius 1 is 1.00 bits per heavy atom. The number of H-pyrrole nitrogens is 1. The molecule has 0 amide bonds. The fourth-order valence-corrected chi connectivity index (χ4v) is 3.01. The molecule has 0 saturated carbocycles. The Labute approximate surface area is 123 Å². The third-order valence-electron chi connectivity index (χ3n) is 4.12. The Kier molecular flexibility index (Phi) is 3.09. The average Bonchev–Trinajstić information content (AvgIpc) is 3.04. The van der Waals surface area contributed by atoms with Crippen LogP contribution in [0.5, 0.6) is 0 Å². The molecule has 0 radical (unpaired) electrons. The van der Waals surface area contributed by atoms with Crippen molar-refractivity contribution >= 4 is 16.6 Å². The first-order chi connectivity index (χ1) is 10.4. The number of hydrogen-bond donors (Lipinski definition) is 2. The quantitative estimate of drug-likeness (QED) is 0.757. The van der Waals surface area contributed by atoms with Crippen LogP contribution in [0.4, 0.5) is 5.69 Å². The fraction of sp³-hybridized carbons (Fsp3) is 0.235. The highest BCUT2D eigenvalue weighted by atomic mass is 15.2. The van der Waals surface area contributed by atoms with Crippen LogP contribution in [0, 0.1) is 0 Å². The molecule has 0 atom stereocenters. The van der Waals surface area contributed by atoms with E-state index in [4.69, 9.17) is 0 Å². The average molecular weight is 278 g/mol. The molecule has 106 valence electrons. The molecule has 1 saturated heterocycles. The maximum atomic E-state index is 4.16. The second kappa shape index (κ2) is 5.22. The van der Waals surface area contributed by atoms with Gasteiger partial charge in [-0.05, 0) is 29.3 Å². The summed E-state index contributed by atoms with van der Waals surface area (Å²) in [6.07, 6.45) is 1.90. The molecule has 2 heterocycles. The van der Waals surface area contributed by atoms with Gasteiger partial charge in [-0.3, -0.25) is 5.10 Å². The zero-order valence-corrected chi connectivity index (χ0v) is 11.8. The Morgan fingerprint density at radius 3 is 2.76 bits per heavy atom. The molecule has 2 aromatic carbocycles. The largest absolute Gasteiger partial charge is 0.369 e. The van der Waals surface area contributed by atoms with E-state index < -0.39 is 0 Å². The van der Waals surface area contributed by atoms with Crippen LogP contribution in [0.15, 0.2) is 48.7 Å². The van der Waals surface area contributed by atoms with E-state index in [1.165, 1.54) is 22.2 Å². The van der Waals surface area contributed by atoms with Gasteiger partial charge in [0.05, 0.1) is 11.7 Å². The van der Waals surface area contributed by atoms with Gasteiger partial charge in [0.1, 0.15) is 0 Å². The lowest BCUT2D eigenvalue weighted by Gasteiger charge is -2.29. The molecule has 4 heteroatoms. The molecule has 1 fully saturated rings. The first-order valence-corrected chi connectivity index (χ1v) is 7.40. The maximum Gasteiger partial charge on any atom is 0.0656 e. The molecule has 0 aliphatic carbocycles. The first-order valence-electron chi connectivity index (χ1n) is 7.40. The van der Waals surface area contributed by atoms with Gasteiger partial charge in [-0.1, -0.05) is 24.3 Å². The van der Waals surface area contributed by atoms with Gasteiger partial charge in [-0.2, -0.15) is 5.10 Å². The highest BCUT2D eigenvalue weighted by Crippen LogP contribution is 2.30. The highest BCUT2D eigenvalue weighted by molar-refractivity contribution is 5.94. The van der Waals surface area contributed by atoms with Crippen LogP contribution in [-0.2, 0) is 0 Å². The van der Waals surface area contributed by atoms with Gasteiger partial charge in [0.15, 0.2) is 0 Å². The van der Waals surface area contributed by atoms with Crippen molar-refractivity contribution in [3.05, 3.63) is 48.7 Å². The molecule has 0 unspecified atom stereocenters. The van der Waals surface area contributed by atoms with E-state index >= 15 is 0 Å². The second-order valence-corrected chi connectivity index (χ2v) is 5.42. The summed E-state index contributed by atoms with van der Waals surface area (Å²) in [5.41, 5.74) is 4.87. The highest BCUT2D eigenvalue weighted by Gasteiger charge is 2.12. The monoisotopic (exact) mass is 278 g/mol. The molecule has 1 aromatic heterocycles. The van der Waals surface area contributed by atoms with E-state index in [0.717, 1.165) is 31.7 Å². The predicted molar refractivity (Wildman–Crippen MR) is 86.6 cm³/mol. The van der Waals surface area contributed by atoms with Crippen molar-refractivity contribution in [2.75, 3.05) is 31.1 Å². The number of nitrogens with zero attached hydrogens (tertiary/aromatic N) is 2. The summed E-state index contributed by atoms with van der Waals surface area (Å²) in [7, 11) is 0. The molecule has 4 rings (SSSR count). The summed E-state index contributed by atoms with van der Waals surface area (Å²) in [5.74, 6) is 0. The van der Waals surface area contributed by atoms with E-state index in [1.807, 2.05) is 6.20 Å². The van der Waals surface area contributed by atoms with Gasteiger partial charge in [-0.25, -0.2) is 0 Å². The van der Waals surface area contributed by atoms with Gasteiger partial charge in [0, 0.05) is 37.3 Å². The maximum absolute atomic E-state index is 4.16. The van der Waals surface area contributed by atoms with Gasteiger partial charge in [-0.15, -0.1) is 0 Å². The van der Waals surface area contributed by atoms with Crippen molar-refractivity contribution in [1.82, 2.24) is 15.5 Å². The number of benzene rings is 2. The lowest BCUT2D eigenvalue weighted by molar-refractivity contribution is 0.589. The smallest absolute Gasteiger partial charge is 0.0656 e. The number of fused-ring (bicyclic) bond motifs is 1. The molecule has 3 aromatic rings. The van der Waals surface area contributed by atoms with Crippen LogP contribution in [0.2, 0.25) is 0 Å². The number of rotatable bonds is 2. The van der Waals surface area contributed by atoms with E-state index in [1.54, 1.807) is 0 Å². The Bertz CT molecular complexity index is 756. The van der Waals surface area contributed by atoms with Crippen LogP contribution in [-0.4, -0.2) is 36.4 Å². The number of hydrogen-bond acceptors (Lipinski definition) is 3. The van der Waals surface area contributed by atoms with Crippen LogP contribution in [0.3, 0.4) is 0 Å². The van der Waals surface area contributed by atoms with Crippen LogP contribution < -0.4 is 10.2 Å². The van der Waals surface area contributed by atoms with E-state index in [-0.39, 0.29) is 0 Å². The number of piperazine rings is 1. The summed E-state index contributed by atoms with van der Waals surface area (Å²) in [5, 5.41) is 11.8. The van der Waals surface area contributed by atoms with Crippen LogP contribution in [0.1, 0.15) is 0 Å². The number of aromatic amines is 1. The summed E-state index contributed by atoms with van der Waals surface area (Å²) in [6.45, 7) is 4.25. The molecule has 0 spiro atoms. The number of aromatic nitrogens is 2. The van der Waals surface area contributed by atoms with E-state index in [0.29, 0.717) is 0 Å².